The number of hydrogen-bond donors (Lipinski definition) is 1. The van der Waals surface area contributed by atoms with Crippen molar-refractivity contribution in [1.29, 1.82) is 0 Å². The average Bonchev–Trinajstić information content (AvgIpc) is 2.11. The predicted molar refractivity (Wildman–Crippen MR) is 53.6 cm³/mol. The Morgan fingerprint density at radius 3 is 2.86 bits per heavy atom. The van der Waals surface area contributed by atoms with Crippen LogP contribution in [0, 0.1) is 5.82 Å². The molecule has 1 aromatic rings. The van der Waals surface area contributed by atoms with Gasteiger partial charge >= 0.3 is 6.09 Å². The van der Waals surface area contributed by atoms with Gasteiger partial charge in [0.1, 0.15) is 5.82 Å². The fourth-order valence-electron chi connectivity index (χ4n) is 0.988. The molecule has 1 N–H and O–H groups in total. The van der Waals surface area contributed by atoms with Crippen molar-refractivity contribution in [2.24, 2.45) is 0 Å². The summed E-state index contributed by atoms with van der Waals surface area (Å²) in [4.78, 5) is 11.6. The Balaban J connectivity index is 2.85. The smallest absolute Gasteiger partial charge is 0.407 e. The third-order valence-corrected chi connectivity index (χ3v) is 2.52. The molecule has 1 aromatic carbocycles. The van der Waals surface area contributed by atoms with Crippen LogP contribution in [0.2, 0.25) is 0 Å². The Morgan fingerprint density at radius 2 is 2.29 bits per heavy atom. The van der Waals surface area contributed by atoms with Crippen LogP contribution in [0.5, 0.6) is 0 Å². The summed E-state index contributed by atoms with van der Waals surface area (Å²) in [5, 5.41) is 8.62. The average molecular weight is 262 g/mol. The highest BCUT2D eigenvalue weighted by molar-refractivity contribution is 9.10. The van der Waals surface area contributed by atoms with E-state index in [0.717, 1.165) is 4.90 Å². The SMILES string of the molecule is CN(Cc1cc(F)ccc1Br)C(=O)O. The highest BCUT2D eigenvalue weighted by Gasteiger charge is 2.09. The lowest BCUT2D eigenvalue weighted by molar-refractivity contribution is 0.153. The Labute approximate surface area is 89.3 Å². The second-order valence-electron chi connectivity index (χ2n) is 2.87. The van der Waals surface area contributed by atoms with Gasteiger partial charge in [-0.3, -0.25) is 0 Å². The Hall–Kier alpha value is -1.10. The maximum atomic E-state index is 12.8. The van der Waals surface area contributed by atoms with Gasteiger partial charge in [0.05, 0.1) is 0 Å². The molecule has 0 saturated heterocycles. The first-order chi connectivity index (χ1) is 6.50. The molecule has 1 amide bonds. The molecule has 0 fully saturated rings. The van der Waals surface area contributed by atoms with Crippen LogP contribution in [-0.4, -0.2) is 23.1 Å². The molecule has 0 aliphatic heterocycles. The van der Waals surface area contributed by atoms with Crippen molar-refractivity contribution in [3.8, 4) is 0 Å². The quantitative estimate of drug-likeness (QED) is 0.890. The van der Waals surface area contributed by atoms with Crippen molar-refractivity contribution in [3.05, 3.63) is 34.1 Å². The van der Waals surface area contributed by atoms with Crippen LogP contribution in [-0.2, 0) is 6.54 Å². The molecule has 0 aliphatic rings. The van der Waals surface area contributed by atoms with E-state index < -0.39 is 6.09 Å². The first-order valence-electron chi connectivity index (χ1n) is 3.88. The van der Waals surface area contributed by atoms with Gasteiger partial charge in [-0.1, -0.05) is 15.9 Å². The molecule has 5 heteroatoms. The van der Waals surface area contributed by atoms with Gasteiger partial charge in [0.25, 0.3) is 0 Å². The van der Waals surface area contributed by atoms with Gasteiger partial charge in [0.15, 0.2) is 0 Å². The van der Waals surface area contributed by atoms with Crippen LogP contribution >= 0.6 is 15.9 Å². The van der Waals surface area contributed by atoms with E-state index in [9.17, 15) is 9.18 Å². The van der Waals surface area contributed by atoms with Gasteiger partial charge in [0, 0.05) is 18.1 Å². The topological polar surface area (TPSA) is 40.5 Å². The fourth-order valence-corrected chi connectivity index (χ4v) is 1.36. The molecule has 0 atom stereocenters. The number of halogens is 2. The monoisotopic (exact) mass is 261 g/mol. The number of amides is 1. The molecular weight excluding hydrogens is 253 g/mol. The van der Waals surface area contributed by atoms with Gasteiger partial charge in [-0.25, -0.2) is 9.18 Å². The molecule has 0 saturated carbocycles. The van der Waals surface area contributed by atoms with Crippen molar-refractivity contribution in [2.75, 3.05) is 7.05 Å². The van der Waals surface area contributed by atoms with Crippen LogP contribution < -0.4 is 0 Å². The van der Waals surface area contributed by atoms with E-state index in [1.807, 2.05) is 0 Å². The van der Waals surface area contributed by atoms with E-state index >= 15 is 0 Å². The molecule has 0 bridgehead atoms. The summed E-state index contributed by atoms with van der Waals surface area (Å²) in [6.45, 7) is 0.160. The largest absolute Gasteiger partial charge is 0.465 e. The molecule has 0 radical (unpaired) electrons. The highest BCUT2D eigenvalue weighted by Crippen LogP contribution is 2.19. The molecule has 14 heavy (non-hydrogen) atoms. The van der Waals surface area contributed by atoms with Crippen molar-refractivity contribution >= 4 is 22.0 Å². The van der Waals surface area contributed by atoms with Crippen molar-refractivity contribution in [1.82, 2.24) is 4.90 Å². The zero-order valence-corrected chi connectivity index (χ0v) is 9.08. The van der Waals surface area contributed by atoms with Crippen molar-refractivity contribution in [2.45, 2.75) is 6.54 Å². The van der Waals surface area contributed by atoms with Crippen LogP contribution in [0.4, 0.5) is 9.18 Å². The third kappa shape index (κ3) is 2.70. The van der Waals surface area contributed by atoms with Crippen LogP contribution in [0.25, 0.3) is 0 Å². The summed E-state index contributed by atoms with van der Waals surface area (Å²) >= 11 is 3.22. The first-order valence-corrected chi connectivity index (χ1v) is 4.68. The summed E-state index contributed by atoms with van der Waals surface area (Å²) in [5.74, 6) is -0.373. The standard InChI is InChI=1S/C9H9BrFNO2/c1-12(9(13)14)5-6-4-7(11)2-3-8(6)10/h2-4H,5H2,1H3,(H,13,14). The number of carboxylic acid groups (broad SMARTS) is 1. The number of rotatable bonds is 2. The summed E-state index contributed by atoms with van der Waals surface area (Å²) in [7, 11) is 1.43. The number of nitrogens with zero attached hydrogens (tertiary/aromatic N) is 1. The second-order valence-corrected chi connectivity index (χ2v) is 3.73. The number of benzene rings is 1. The number of hydrogen-bond acceptors (Lipinski definition) is 1. The minimum atomic E-state index is -1.04. The summed E-state index contributed by atoms with van der Waals surface area (Å²) in [5.41, 5.74) is 0.606. The zero-order chi connectivity index (χ0) is 10.7. The Kier molecular flexibility index (Phi) is 3.46. The van der Waals surface area contributed by atoms with E-state index in [0.29, 0.717) is 10.0 Å². The zero-order valence-electron chi connectivity index (χ0n) is 7.50. The van der Waals surface area contributed by atoms with E-state index in [1.54, 1.807) is 6.07 Å². The van der Waals surface area contributed by atoms with Crippen LogP contribution in [0.15, 0.2) is 22.7 Å². The molecular formula is C9H9BrFNO2. The molecule has 0 aliphatic carbocycles. The molecule has 0 heterocycles. The van der Waals surface area contributed by atoms with Gasteiger partial charge in [-0.15, -0.1) is 0 Å². The third-order valence-electron chi connectivity index (χ3n) is 1.74. The molecule has 0 unspecified atom stereocenters. The predicted octanol–water partition coefficient (Wildman–Crippen LogP) is 2.70. The fraction of sp³-hybridized carbons (Fsp3) is 0.222. The van der Waals surface area contributed by atoms with Gasteiger partial charge in [-0.2, -0.15) is 0 Å². The van der Waals surface area contributed by atoms with Gasteiger partial charge in [0.2, 0.25) is 0 Å². The first kappa shape index (κ1) is 11.0. The summed E-state index contributed by atoms with van der Waals surface area (Å²) in [6.07, 6.45) is -1.04. The Bertz CT molecular complexity index is 357. The van der Waals surface area contributed by atoms with Gasteiger partial charge < -0.3 is 10.0 Å². The lowest BCUT2D eigenvalue weighted by Gasteiger charge is -2.13. The van der Waals surface area contributed by atoms with Crippen LogP contribution in [0.1, 0.15) is 5.56 Å². The van der Waals surface area contributed by atoms with E-state index in [4.69, 9.17) is 5.11 Å². The summed E-state index contributed by atoms with van der Waals surface area (Å²) in [6, 6.07) is 4.18. The van der Waals surface area contributed by atoms with Crippen molar-refractivity contribution in [3.63, 3.8) is 0 Å². The molecule has 76 valence electrons. The van der Waals surface area contributed by atoms with E-state index in [2.05, 4.69) is 15.9 Å². The highest BCUT2D eigenvalue weighted by atomic mass is 79.9. The summed E-state index contributed by atoms with van der Waals surface area (Å²) < 4.78 is 13.5. The molecule has 0 aromatic heterocycles. The van der Waals surface area contributed by atoms with E-state index in [-0.39, 0.29) is 12.4 Å². The van der Waals surface area contributed by atoms with E-state index in [1.165, 1.54) is 19.2 Å². The molecule has 3 nitrogen and oxygen atoms in total. The second kappa shape index (κ2) is 4.41. The minimum absolute atomic E-state index is 0.160. The molecule has 0 spiro atoms. The number of carbonyl (C=O) groups is 1. The van der Waals surface area contributed by atoms with Crippen LogP contribution in [0.3, 0.4) is 0 Å². The maximum Gasteiger partial charge on any atom is 0.407 e. The normalized spacial score (nSPS) is 9.93. The van der Waals surface area contributed by atoms with Crippen molar-refractivity contribution < 1.29 is 14.3 Å². The molecule has 1 rings (SSSR count). The lowest BCUT2D eigenvalue weighted by Crippen LogP contribution is -2.24. The minimum Gasteiger partial charge on any atom is -0.465 e. The Morgan fingerprint density at radius 1 is 1.64 bits per heavy atom. The van der Waals surface area contributed by atoms with Gasteiger partial charge in [-0.05, 0) is 23.8 Å². The maximum absolute atomic E-state index is 12.8. The lowest BCUT2D eigenvalue weighted by atomic mass is 10.2.